The van der Waals surface area contributed by atoms with E-state index in [9.17, 15) is 5.11 Å². The minimum Gasteiger partial charge on any atom is -0.492 e. The fourth-order valence-electron chi connectivity index (χ4n) is 4.81. The number of aliphatic hydroxyl groups is 1. The lowest BCUT2D eigenvalue weighted by Gasteiger charge is -2.25. The van der Waals surface area contributed by atoms with Gasteiger partial charge < -0.3 is 19.0 Å². The molecule has 0 radical (unpaired) electrons. The summed E-state index contributed by atoms with van der Waals surface area (Å²) >= 11 is 0. The largest absolute Gasteiger partial charge is 0.492 e. The predicted molar refractivity (Wildman–Crippen MR) is 135 cm³/mol. The van der Waals surface area contributed by atoms with Crippen LogP contribution >= 0.6 is 0 Å². The molecule has 5 heteroatoms. The van der Waals surface area contributed by atoms with Gasteiger partial charge in [-0.05, 0) is 41.0 Å². The SMILES string of the molecule is COCc1ccc(CN2CCOc3ccc(C(O)C(c4ccccc4)c4ccccc4)cc3C2)o1. The molecule has 0 saturated carbocycles. The Balaban J connectivity index is 1.40. The van der Waals surface area contributed by atoms with Crippen LogP contribution in [0.1, 0.15) is 45.8 Å². The van der Waals surface area contributed by atoms with Gasteiger partial charge in [-0.15, -0.1) is 0 Å². The minimum atomic E-state index is -0.691. The van der Waals surface area contributed by atoms with E-state index < -0.39 is 6.10 Å². The molecule has 5 rings (SSSR count). The number of rotatable bonds is 8. The average Bonchev–Trinajstić information content (AvgIpc) is 3.22. The van der Waals surface area contributed by atoms with Gasteiger partial charge in [-0.2, -0.15) is 0 Å². The molecule has 0 spiro atoms. The third kappa shape index (κ3) is 5.49. The standard InChI is InChI=1S/C30H31NO4/c1-33-21-27-14-13-26(35-27)20-31-16-17-34-28-15-12-24(18-25(28)19-31)30(32)29(22-8-4-2-5-9-22)23-10-6-3-7-11-23/h2-15,18,29-30,32H,16-17,19-21H2,1H3. The van der Waals surface area contributed by atoms with Crippen LogP contribution in [0.5, 0.6) is 5.75 Å². The first kappa shape index (κ1) is 23.4. The Hall–Kier alpha value is -3.38. The molecular weight excluding hydrogens is 438 g/mol. The van der Waals surface area contributed by atoms with Crippen molar-refractivity contribution in [1.82, 2.24) is 4.90 Å². The first-order valence-corrected chi connectivity index (χ1v) is 12.0. The fraction of sp³-hybridized carbons (Fsp3) is 0.267. The monoisotopic (exact) mass is 469 g/mol. The Kier molecular flexibility index (Phi) is 7.28. The quantitative estimate of drug-likeness (QED) is 0.360. The van der Waals surface area contributed by atoms with Crippen molar-refractivity contribution in [2.45, 2.75) is 31.7 Å². The molecule has 3 aromatic carbocycles. The van der Waals surface area contributed by atoms with Crippen LogP contribution < -0.4 is 4.74 Å². The molecule has 0 fully saturated rings. The second-order valence-corrected chi connectivity index (χ2v) is 8.97. The number of methoxy groups -OCH3 is 1. The Morgan fingerprint density at radius 3 is 2.23 bits per heavy atom. The van der Waals surface area contributed by atoms with E-state index in [1.807, 2.05) is 60.7 Å². The second-order valence-electron chi connectivity index (χ2n) is 8.97. The lowest BCUT2D eigenvalue weighted by Crippen LogP contribution is -2.25. The van der Waals surface area contributed by atoms with Gasteiger partial charge >= 0.3 is 0 Å². The summed E-state index contributed by atoms with van der Waals surface area (Å²) in [6.07, 6.45) is -0.691. The lowest BCUT2D eigenvalue weighted by molar-refractivity contribution is 0.157. The topological polar surface area (TPSA) is 55.1 Å². The number of hydrogen-bond donors (Lipinski definition) is 1. The zero-order valence-corrected chi connectivity index (χ0v) is 20.0. The maximum absolute atomic E-state index is 11.6. The van der Waals surface area contributed by atoms with Gasteiger partial charge in [0.05, 0.1) is 12.6 Å². The van der Waals surface area contributed by atoms with Crippen molar-refractivity contribution in [3.8, 4) is 5.75 Å². The molecule has 1 aromatic heterocycles. The summed E-state index contributed by atoms with van der Waals surface area (Å²) in [6.45, 7) is 3.28. The van der Waals surface area contributed by atoms with Gasteiger partial charge in [0.25, 0.3) is 0 Å². The molecule has 0 saturated heterocycles. The Morgan fingerprint density at radius 1 is 0.857 bits per heavy atom. The van der Waals surface area contributed by atoms with Crippen LogP contribution in [0.25, 0.3) is 0 Å². The van der Waals surface area contributed by atoms with E-state index in [-0.39, 0.29) is 5.92 Å². The van der Waals surface area contributed by atoms with Crippen molar-refractivity contribution in [3.63, 3.8) is 0 Å². The van der Waals surface area contributed by atoms with E-state index in [1.54, 1.807) is 7.11 Å². The van der Waals surface area contributed by atoms with Crippen molar-refractivity contribution in [2.75, 3.05) is 20.3 Å². The maximum Gasteiger partial charge on any atom is 0.129 e. The van der Waals surface area contributed by atoms with Crippen molar-refractivity contribution < 1.29 is 19.0 Å². The number of aliphatic hydroxyl groups excluding tert-OH is 1. The molecule has 0 aliphatic carbocycles. The lowest BCUT2D eigenvalue weighted by atomic mass is 9.83. The highest BCUT2D eigenvalue weighted by Crippen LogP contribution is 2.38. The van der Waals surface area contributed by atoms with Gasteiger partial charge in [0.1, 0.15) is 30.5 Å². The van der Waals surface area contributed by atoms with Gasteiger partial charge in [0.15, 0.2) is 0 Å². The van der Waals surface area contributed by atoms with Crippen LogP contribution in [-0.2, 0) is 24.4 Å². The van der Waals surface area contributed by atoms with Gasteiger partial charge in [0, 0.05) is 31.7 Å². The Morgan fingerprint density at radius 2 is 1.54 bits per heavy atom. The van der Waals surface area contributed by atoms with Crippen molar-refractivity contribution in [2.24, 2.45) is 0 Å². The van der Waals surface area contributed by atoms with Gasteiger partial charge in [-0.3, -0.25) is 4.90 Å². The zero-order valence-electron chi connectivity index (χ0n) is 20.0. The molecule has 1 aliphatic heterocycles. The van der Waals surface area contributed by atoms with Crippen LogP contribution in [0.2, 0.25) is 0 Å². The number of hydrogen-bond acceptors (Lipinski definition) is 5. The van der Waals surface area contributed by atoms with E-state index in [4.69, 9.17) is 13.9 Å². The van der Waals surface area contributed by atoms with Gasteiger partial charge in [-0.25, -0.2) is 0 Å². The van der Waals surface area contributed by atoms with E-state index in [0.29, 0.717) is 19.8 Å². The maximum atomic E-state index is 11.6. The number of nitrogens with zero attached hydrogens (tertiary/aromatic N) is 1. The van der Waals surface area contributed by atoms with Crippen LogP contribution in [0, 0.1) is 0 Å². The highest BCUT2D eigenvalue weighted by molar-refractivity contribution is 5.42. The van der Waals surface area contributed by atoms with Crippen LogP contribution in [0.3, 0.4) is 0 Å². The molecule has 1 unspecified atom stereocenters. The summed E-state index contributed by atoms with van der Waals surface area (Å²) < 4.78 is 17.1. The Bertz CT molecular complexity index is 1180. The summed E-state index contributed by atoms with van der Waals surface area (Å²) in [5.74, 6) is 2.44. The molecule has 1 atom stereocenters. The summed E-state index contributed by atoms with van der Waals surface area (Å²) in [6, 6.07) is 30.5. The van der Waals surface area contributed by atoms with Crippen molar-refractivity contribution >= 4 is 0 Å². The number of fused-ring (bicyclic) bond motifs is 1. The third-order valence-corrected chi connectivity index (χ3v) is 6.50. The van der Waals surface area contributed by atoms with Crippen molar-refractivity contribution in [3.05, 3.63) is 125 Å². The highest BCUT2D eigenvalue weighted by atomic mass is 16.5. The fourth-order valence-corrected chi connectivity index (χ4v) is 4.81. The molecular formula is C30H31NO4. The third-order valence-electron chi connectivity index (χ3n) is 6.50. The van der Waals surface area contributed by atoms with E-state index in [1.165, 1.54) is 0 Å². The summed E-state index contributed by atoms with van der Waals surface area (Å²) in [5, 5.41) is 11.6. The molecule has 0 bridgehead atoms. The Labute approximate surface area is 206 Å². The molecule has 0 amide bonds. The summed E-state index contributed by atoms with van der Waals surface area (Å²) in [4.78, 5) is 2.31. The van der Waals surface area contributed by atoms with Crippen molar-refractivity contribution in [1.29, 1.82) is 0 Å². The second kappa shape index (κ2) is 10.9. The minimum absolute atomic E-state index is 0.166. The van der Waals surface area contributed by atoms with E-state index in [0.717, 1.165) is 52.6 Å². The molecule has 5 nitrogen and oxygen atoms in total. The zero-order chi connectivity index (χ0) is 24.0. The van der Waals surface area contributed by atoms with Gasteiger partial charge in [0.2, 0.25) is 0 Å². The average molecular weight is 470 g/mol. The normalized spacial score (nSPS) is 14.8. The van der Waals surface area contributed by atoms with Crippen LogP contribution in [0.4, 0.5) is 0 Å². The van der Waals surface area contributed by atoms with Crippen LogP contribution in [-0.4, -0.2) is 30.3 Å². The molecule has 180 valence electrons. The van der Waals surface area contributed by atoms with E-state index in [2.05, 4.69) is 35.2 Å². The molecule has 2 heterocycles. The highest BCUT2D eigenvalue weighted by Gasteiger charge is 2.26. The smallest absolute Gasteiger partial charge is 0.129 e. The summed E-state index contributed by atoms with van der Waals surface area (Å²) in [7, 11) is 1.66. The first-order chi connectivity index (χ1) is 17.2. The number of benzene rings is 3. The number of ether oxygens (including phenoxy) is 2. The summed E-state index contributed by atoms with van der Waals surface area (Å²) in [5.41, 5.74) is 4.13. The molecule has 35 heavy (non-hydrogen) atoms. The predicted octanol–water partition coefficient (Wildman–Crippen LogP) is 5.69. The molecule has 1 N–H and O–H groups in total. The first-order valence-electron chi connectivity index (χ1n) is 12.0. The molecule has 1 aliphatic rings. The van der Waals surface area contributed by atoms with E-state index >= 15 is 0 Å². The molecule has 4 aromatic rings. The van der Waals surface area contributed by atoms with Gasteiger partial charge in [-0.1, -0.05) is 66.7 Å². The number of furan rings is 1. The van der Waals surface area contributed by atoms with Crippen LogP contribution in [0.15, 0.2) is 95.4 Å².